The van der Waals surface area contributed by atoms with E-state index in [-0.39, 0.29) is 22.9 Å². The number of β-amino-alcohol motifs (C(OH)–C–C–N with tert-alkyl or cyclic N) is 1. The van der Waals surface area contributed by atoms with Crippen LogP contribution in [0.1, 0.15) is 38.2 Å². The fourth-order valence-corrected chi connectivity index (χ4v) is 4.65. The number of rotatable bonds is 7. The summed E-state index contributed by atoms with van der Waals surface area (Å²) >= 11 is 5.78. The minimum absolute atomic E-state index is 0.0154. The van der Waals surface area contributed by atoms with Gasteiger partial charge in [-0.3, -0.25) is 9.59 Å². The van der Waals surface area contributed by atoms with Crippen LogP contribution in [0.4, 0.5) is 4.39 Å². The second-order valence-electron chi connectivity index (χ2n) is 8.92. The highest BCUT2D eigenvalue weighted by Gasteiger charge is 2.24. The summed E-state index contributed by atoms with van der Waals surface area (Å²) in [5.74, 6) is -0.0672. The second-order valence-corrected chi connectivity index (χ2v) is 9.33. The zero-order valence-electron chi connectivity index (χ0n) is 18.7. The first-order valence-electron chi connectivity index (χ1n) is 11.4. The van der Waals surface area contributed by atoms with Gasteiger partial charge >= 0.3 is 0 Å². The predicted octanol–water partition coefficient (Wildman–Crippen LogP) is 3.04. The molecule has 2 aliphatic rings. The maximum Gasteiger partial charge on any atom is 0.246 e. The molecule has 0 spiro atoms. The van der Waals surface area contributed by atoms with Crippen LogP contribution in [0.15, 0.2) is 24.3 Å². The lowest BCUT2D eigenvalue weighted by molar-refractivity contribution is -0.130. The van der Waals surface area contributed by atoms with Gasteiger partial charge in [-0.2, -0.15) is 0 Å². The summed E-state index contributed by atoms with van der Waals surface area (Å²) in [7, 11) is 0. The molecular formula is C24H33ClFN3O3. The van der Waals surface area contributed by atoms with Gasteiger partial charge in [-0.1, -0.05) is 24.6 Å². The third-order valence-electron chi connectivity index (χ3n) is 6.13. The highest BCUT2D eigenvalue weighted by molar-refractivity contribution is 6.30. The zero-order valence-corrected chi connectivity index (χ0v) is 19.4. The summed E-state index contributed by atoms with van der Waals surface area (Å²) in [6.45, 7) is 6.98. The highest BCUT2D eigenvalue weighted by atomic mass is 35.5. The number of carbonyl (C=O) groups excluding carboxylic acids is 2. The maximum atomic E-state index is 13.3. The molecule has 0 radical (unpaired) electrons. The maximum absolute atomic E-state index is 13.3. The Hall–Kier alpha value is -1.96. The number of halogens is 2. The molecule has 6 nitrogen and oxygen atoms in total. The summed E-state index contributed by atoms with van der Waals surface area (Å²) in [6, 6.07) is 4.30. The molecule has 2 fully saturated rings. The van der Waals surface area contributed by atoms with Crippen molar-refractivity contribution in [3.8, 4) is 0 Å². The first-order chi connectivity index (χ1) is 15.3. The Balaban J connectivity index is 1.42. The van der Waals surface area contributed by atoms with Crippen LogP contribution in [0, 0.1) is 11.7 Å². The lowest BCUT2D eigenvalue weighted by atomic mass is 9.98. The predicted molar refractivity (Wildman–Crippen MR) is 124 cm³/mol. The smallest absolute Gasteiger partial charge is 0.246 e. The van der Waals surface area contributed by atoms with Crippen molar-refractivity contribution >= 4 is 29.5 Å². The molecule has 0 aliphatic carbocycles. The summed E-state index contributed by atoms with van der Waals surface area (Å²) in [5, 5.41) is 9.93. The monoisotopic (exact) mass is 465 g/mol. The quantitative estimate of drug-likeness (QED) is 0.496. The van der Waals surface area contributed by atoms with Gasteiger partial charge in [0.25, 0.3) is 0 Å². The molecule has 32 heavy (non-hydrogen) atoms. The number of aliphatic hydroxyl groups is 1. The molecule has 1 aromatic rings. The number of unbranched alkanes of at least 4 members (excludes halogenated alkanes) is 1. The Bertz CT molecular complexity index is 825. The Morgan fingerprint density at radius 2 is 2.00 bits per heavy atom. The van der Waals surface area contributed by atoms with E-state index in [1.807, 2.05) is 4.90 Å². The van der Waals surface area contributed by atoms with Gasteiger partial charge in [-0.25, -0.2) is 4.39 Å². The summed E-state index contributed by atoms with van der Waals surface area (Å²) < 4.78 is 13.3. The van der Waals surface area contributed by atoms with E-state index in [9.17, 15) is 19.1 Å². The number of nitrogens with zero attached hydrogens (tertiary/aromatic N) is 3. The van der Waals surface area contributed by atoms with Crippen LogP contribution in [-0.2, 0) is 9.59 Å². The lowest BCUT2D eigenvalue weighted by Crippen LogP contribution is -2.42. The van der Waals surface area contributed by atoms with E-state index in [1.165, 1.54) is 18.2 Å². The summed E-state index contributed by atoms with van der Waals surface area (Å²) in [5.41, 5.74) is 0.646. The van der Waals surface area contributed by atoms with Crippen molar-refractivity contribution in [1.82, 2.24) is 14.7 Å². The second kappa shape index (κ2) is 11.8. The normalized spacial score (nSPS) is 23.1. The van der Waals surface area contributed by atoms with Gasteiger partial charge in [0.15, 0.2) is 0 Å². The molecule has 2 saturated heterocycles. The standard InChI is InChI=1S/C24H33ClFN3O3/c1-18-14-20(30)17-27(16-18)9-2-3-10-28-12-13-29(11-8-24(28)32)23(31)7-5-19-4-6-22(26)21(25)15-19/h4-7,15,18,20,30H,2-3,8-14,16-17H2,1H3/t18-,20+/m1/s1. The van der Waals surface area contributed by atoms with Crippen LogP contribution < -0.4 is 0 Å². The molecular weight excluding hydrogens is 433 g/mol. The fraction of sp³-hybridized carbons (Fsp3) is 0.583. The number of piperidine rings is 1. The van der Waals surface area contributed by atoms with Gasteiger partial charge in [0.2, 0.25) is 11.8 Å². The fourth-order valence-electron chi connectivity index (χ4n) is 4.46. The third-order valence-corrected chi connectivity index (χ3v) is 6.42. The van der Waals surface area contributed by atoms with Gasteiger partial charge in [0, 0.05) is 51.8 Å². The number of likely N-dealkylation sites (tertiary alicyclic amines) is 1. The van der Waals surface area contributed by atoms with E-state index in [0.29, 0.717) is 44.1 Å². The lowest BCUT2D eigenvalue weighted by Gasteiger charge is -2.34. The van der Waals surface area contributed by atoms with E-state index in [2.05, 4.69) is 11.8 Å². The molecule has 1 N–H and O–H groups in total. The largest absolute Gasteiger partial charge is 0.392 e. The van der Waals surface area contributed by atoms with Crippen LogP contribution in [-0.4, -0.2) is 83.5 Å². The molecule has 0 aromatic heterocycles. The van der Waals surface area contributed by atoms with E-state index in [1.54, 1.807) is 17.0 Å². The van der Waals surface area contributed by atoms with Crippen molar-refractivity contribution in [3.63, 3.8) is 0 Å². The number of benzene rings is 1. The van der Waals surface area contributed by atoms with Gasteiger partial charge in [0.05, 0.1) is 11.1 Å². The first-order valence-corrected chi connectivity index (χ1v) is 11.8. The SMILES string of the molecule is C[C@@H]1C[C@H](O)CN(CCCCN2CCN(C(=O)C=Cc3ccc(F)c(Cl)c3)CCC2=O)C1. The number of carbonyl (C=O) groups is 2. The van der Waals surface area contributed by atoms with Crippen LogP contribution in [0.3, 0.4) is 0 Å². The Kier molecular flexibility index (Phi) is 9.08. The average Bonchev–Trinajstić information content (AvgIpc) is 2.93. The third kappa shape index (κ3) is 7.29. The molecule has 2 heterocycles. The Morgan fingerprint density at radius 3 is 2.75 bits per heavy atom. The van der Waals surface area contributed by atoms with Crippen LogP contribution >= 0.6 is 11.6 Å². The Morgan fingerprint density at radius 1 is 1.22 bits per heavy atom. The van der Waals surface area contributed by atoms with Crippen LogP contribution in [0.2, 0.25) is 5.02 Å². The molecule has 0 bridgehead atoms. The van der Waals surface area contributed by atoms with Crippen molar-refractivity contribution in [1.29, 1.82) is 0 Å². The minimum Gasteiger partial charge on any atom is -0.392 e. The molecule has 2 aliphatic heterocycles. The molecule has 0 unspecified atom stereocenters. The van der Waals surface area contributed by atoms with Gasteiger partial charge in [-0.15, -0.1) is 0 Å². The molecule has 8 heteroatoms. The van der Waals surface area contributed by atoms with E-state index >= 15 is 0 Å². The molecule has 2 atom stereocenters. The first kappa shape index (κ1) is 24.7. The van der Waals surface area contributed by atoms with Crippen LogP contribution in [0.5, 0.6) is 0 Å². The van der Waals surface area contributed by atoms with Gasteiger partial charge in [0.1, 0.15) is 5.82 Å². The van der Waals surface area contributed by atoms with E-state index in [4.69, 9.17) is 11.6 Å². The van der Waals surface area contributed by atoms with Crippen molar-refractivity contribution < 1.29 is 19.1 Å². The van der Waals surface area contributed by atoms with Gasteiger partial charge in [-0.05, 0) is 55.5 Å². The van der Waals surface area contributed by atoms with Crippen LogP contribution in [0.25, 0.3) is 6.08 Å². The average molecular weight is 466 g/mol. The molecule has 2 amide bonds. The number of amides is 2. The van der Waals surface area contributed by atoms with Crippen molar-refractivity contribution in [2.24, 2.45) is 5.92 Å². The number of hydrogen-bond donors (Lipinski definition) is 1. The summed E-state index contributed by atoms with van der Waals surface area (Å²) in [4.78, 5) is 30.9. The number of hydrogen-bond acceptors (Lipinski definition) is 4. The van der Waals surface area contributed by atoms with Crippen molar-refractivity contribution in [3.05, 3.63) is 40.7 Å². The minimum atomic E-state index is -0.496. The Labute approximate surface area is 194 Å². The van der Waals surface area contributed by atoms with E-state index in [0.717, 1.165) is 38.9 Å². The molecule has 176 valence electrons. The van der Waals surface area contributed by atoms with Crippen molar-refractivity contribution in [2.75, 3.05) is 45.8 Å². The van der Waals surface area contributed by atoms with E-state index < -0.39 is 5.82 Å². The highest BCUT2D eigenvalue weighted by Crippen LogP contribution is 2.18. The molecule has 3 rings (SSSR count). The zero-order chi connectivity index (χ0) is 23.1. The number of aliphatic hydroxyl groups excluding tert-OH is 1. The molecule has 0 saturated carbocycles. The van der Waals surface area contributed by atoms with Gasteiger partial charge < -0.3 is 19.8 Å². The summed E-state index contributed by atoms with van der Waals surface area (Å²) in [6.07, 6.45) is 5.90. The molecule has 1 aromatic carbocycles. The van der Waals surface area contributed by atoms with Crippen molar-refractivity contribution in [2.45, 2.75) is 38.7 Å². The topological polar surface area (TPSA) is 64.1 Å².